The standard InChI is InChI=1S/C17H36N2O/c1-13(2)19(9-6-10-20)12-14-11-15(17(3,4)5)7-8-16(14)18/h13-16,20H,6-12,18H2,1-5H3. The molecule has 3 N–H and O–H groups in total. The van der Waals surface area contributed by atoms with Crippen molar-refractivity contribution in [3.8, 4) is 0 Å². The predicted octanol–water partition coefficient (Wildman–Crippen LogP) is 2.87. The molecule has 0 aromatic carbocycles. The van der Waals surface area contributed by atoms with Crippen LogP contribution >= 0.6 is 0 Å². The fourth-order valence-corrected chi connectivity index (χ4v) is 3.42. The van der Waals surface area contributed by atoms with Gasteiger partial charge in [-0.05, 0) is 56.8 Å². The van der Waals surface area contributed by atoms with E-state index in [2.05, 4.69) is 39.5 Å². The third-order valence-electron chi connectivity index (χ3n) is 5.07. The Morgan fingerprint density at radius 3 is 2.40 bits per heavy atom. The first-order chi connectivity index (χ1) is 9.25. The summed E-state index contributed by atoms with van der Waals surface area (Å²) in [6.07, 6.45) is 4.56. The van der Waals surface area contributed by atoms with Gasteiger partial charge in [0.05, 0.1) is 0 Å². The topological polar surface area (TPSA) is 49.5 Å². The number of nitrogens with two attached hydrogens (primary N) is 1. The van der Waals surface area contributed by atoms with Gasteiger partial charge in [-0.1, -0.05) is 20.8 Å². The van der Waals surface area contributed by atoms with Crippen molar-refractivity contribution in [3.05, 3.63) is 0 Å². The van der Waals surface area contributed by atoms with Crippen LogP contribution in [0.3, 0.4) is 0 Å². The molecule has 3 heteroatoms. The van der Waals surface area contributed by atoms with Gasteiger partial charge in [0, 0.05) is 31.8 Å². The van der Waals surface area contributed by atoms with Gasteiger partial charge >= 0.3 is 0 Å². The van der Waals surface area contributed by atoms with Crippen LogP contribution in [0.15, 0.2) is 0 Å². The van der Waals surface area contributed by atoms with Gasteiger partial charge in [0.1, 0.15) is 0 Å². The van der Waals surface area contributed by atoms with Gasteiger partial charge in [0.15, 0.2) is 0 Å². The van der Waals surface area contributed by atoms with Gasteiger partial charge in [-0.2, -0.15) is 0 Å². The van der Waals surface area contributed by atoms with Gasteiger partial charge in [-0.15, -0.1) is 0 Å². The Bertz CT molecular complexity index is 273. The molecule has 0 aliphatic heterocycles. The van der Waals surface area contributed by atoms with Gasteiger partial charge in [-0.3, -0.25) is 0 Å². The Morgan fingerprint density at radius 2 is 1.90 bits per heavy atom. The van der Waals surface area contributed by atoms with E-state index in [1.807, 2.05) is 0 Å². The van der Waals surface area contributed by atoms with Crippen molar-refractivity contribution >= 4 is 0 Å². The molecule has 0 saturated heterocycles. The quantitative estimate of drug-likeness (QED) is 0.788. The molecule has 20 heavy (non-hydrogen) atoms. The number of aliphatic hydroxyl groups excluding tert-OH is 1. The second-order valence-electron chi connectivity index (χ2n) is 7.97. The lowest BCUT2D eigenvalue weighted by Gasteiger charge is -2.43. The van der Waals surface area contributed by atoms with Crippen LogP contribution in [-0.2, 0) is 0 Å². The van der Waals surface area contributed by atoms with Gasteiger partial charge in [-0.25, -0.2) is 0 Å². The summed E-state index contributed by atoms with van der Waals surface area (Å²) in [7, 11) is 0. The third-order valence-corrected chi connectivity index (χ3v) is 5.07. The summed E-state index contributed by atoms with van der Waals surface area (Å²) in [6.45, 7) is 13.9. The van der Waals surface area contributed by atoms with E-state index in [-0.39, 0.29) is 6.61 Å². The second-order valence-corrected chi connectivity index (χ2v) is 7.97. The largest absolute Gasteiger partial charge is 0.396 e. The van der Waals surface area contributed by atoms with Gasteiger partial charge in [0.25, 0.3) is 0 Å². The van der Waals surface area contributed by atoms with Crippen molar-refractivity contribution < 1.29 is 5.11 Å². The molecule has 0 spiro atoms. The zero-order valence-electron chi connectivity index (χ0n) is 14.2. The number of hydrogen-bond donors (Lipinski definition) is 2. The minimum Gasteiger partial charge on any atom is -0.396 e. The van der Waals surface area contributed by atoms with Crippen LogP contribution < -0.4 is 5.73 Å². The highest BCUT2D eigenvalue weighted by molar-refractivity contribution is 4.89. The van der Waals surface area contributed by atoms with Crippen molar-refractivity contribution in [1.29, 1.82) is 0 Å². The predicted molar refractivity (Wildman–Crippen MR) is 86.7 cm³/mol. The summed E-state index contributed by atoms with van der Waals surface area (Å²) < 4.78 is 0. The number of aliphatic hydroxyl groups is 1. The van der Waals surface area contributed by atoms with Crippen molar-refractivity contribution in [2.24, 2.45) is 23.0 Å². The van der Waals surface area contributed by atoms with E-state index in [1.165, 1.54) is 19.3 Å². The molecule has 3 nitrogen and oxygen atoms in total. The second kappa shape index (κ2) is 7.77. The maximum absolute atomic E-state index is 9.05. The average molecular weight is 284 g/mol. The Kier molecular flexibility index (Phi) is 6.96. The Morgan fingerprint density at radius 1 is 1.25 bits per heavy atom. The fourth-order valence-electron chi connectivity index (χ4n) is 3.42. The van der Waals surface area contributed by atoms with Crippen LogP contribution in [0.5, 0.6) is 0 Å². The lowest BCUT2D eigenvalue weighted by Crippen LogP contribution is -2.47. The molecule has 1 rings (SSSR count). The van der Waals surface area contributed by atoms with E-state index in [4.69, 9.17) is 10.8 Å². The summed E-state index contributed by atoms with van der Waals surface area (Å²) in [4.78, 5) is 2.49. The lowest BCUT2D eigenvalue weighted by molar-refractivity contribution is 0.0857. The smallest absolute Gasteiger partial charge is 0.0443 e. The summed E-state index contributed by atoms with van der Waals surface area (Å²) in [5.74, 6) is 1.40. The first-order valence-corrected chi connectivity index (χ1v) is 8.36. The number of rotatable bonds is 6. The maximum Gasteiger partial charge on any atom is 0.0443 e. The van der Waals surface area contributed by atoms with E-state index in [9.17, 15) is 0 Å². The number of nitrogens with zero attached hydrogens (tertiary/aromatic N) is 1. The number of hydrogen-bond acceptors (Lipinski definition) is 3. The Balaban J connectivity index is 2.61. The maximum atomic E-state index is 9.05. The molecule has 120 valence electrons. The first kappa shape index (κ1) is 17.9. The molecule has 1 saturated carbocycles. The van der Waals surface area contributed by atoms with Crippen molar-refractivity contribution in [2.45, 2.75) is 72.4 Å². The van der Waals surface area contributed by atoms with Crippen LogP contribution in [0, 0.1) is 17.3 Å². The van der Waals surface area contributed by atoms with E-state index in [0.29, 0.717) is 23.4 Å². The normalized spacial score (nSPS) is 28.4. The zero-order chi connectivity index (χ0) is 15.3. The summed E-state index contributed by atoms with van der Waals surface area (Å²) in [5, 5.41) is 9.05. The first-order valence-electron chi connectivity index (χ1n) is 8.36. The summed E-state index contributed by atoms with van der Waals surface area (Å²) in [6, 6.07) is 0.882. The molecule has 0 aromatic heterocycles. The van der Waals surface area contributed by atoms with E-state index < -0.39 is 0 Å². The molecule has 0 bridgehead atoms. The van der Waals surface area contributed by atoms with E-state index >= 15 is 0 Å². The van der Waals surface area contributed by atoms with Crippen LogP contribution in [-0.4, -0.2) is 41.8 Å². The summed E-state index contributed by atoms with van der Waals surface area (Å²) in [5.41, 5.74) is 6.78. The molecule has 0 radical (unpaired) electrons. The molecule has 1 aliphatic rings. The van der Waals surface area contributed by atoms with E-state index in [1.54, 1.807) is 0 Å². The molecule has 0 aromatic rings. The van der Waals surface area contributed by atoms with Crippen LogP contribution in [0.25, 0.3) is 0 Å². The third kappa shape index (κ3) is 5.34. The molecule has 3 atom stereocenters. The van der Waals surface area contributed by atoms with Crippen LogP contribution in [0.4, 0.5) is 0 Å². The zero-order valence-corrected chi connectivity index (χ0v) is 14.2. The molecule has 0 heterocycles. The average Bonchev–Trinajstić information content (AvgIpc) is 2.34. The highest BCUT2D eigenvalue weighted by Crippen LogP contribution is 2.40. The molecule has 3 unspecified atom stereocenters. The van der Waals surface area contributed by atoms with Crippen LogP contribution in [0.2, 0.25) is 0 Å². The Labute approximate surface area is 125 Å². The van der Waals surface area contributed by atoms with Crippen LogP contribution in [0.1, 0.15) is 60.3 Å². The minimum atomic E-state index is 0.282. The molecule has 1 aliphatic carbocycles. The Hall–Kier alpha value is -0.120. The molecular formula is C17H36N2O. The lowest BCUT2D eigenvalue weighted by atomic mass is 9.67. The highest BCUT2D eigenvalue weighted by atomic mass is 16.3. The molecule has 0 amide bonds. The molecular weight excluding hydrogens is 248 g/mol. The highest BCUT2D eigenvalue weighted by Gasteiger charge is 2.35. The SMILES string of the molecule is CC(C)N(CCCO)CC1CC(C(C)(C)C)CCC1N. The summed E-state index contributed by atoms with van der Waals surface area (Å²) >= 11 is 0. The van der Waals surface area contributed by atoms with Crippen molar-refractivity contribution in [2.75, 3.05) is 19.7 Å². The van der Waals surface area contributed by atoms with Crippen molar-refractivity contribution in [1.82, 2.24) is 4.90 Å². The van der Waals surface area contributed by atoms with Gasteiger partial charge in [0.2, 0.25) is 0 Å². The monoisotopic (exact) mass is 284 g/mol. The van der Waals surface area contributed by atoms with Gasteiger partial charge < -0.3 is 15.7 Å². The van der Waals surface area contributed by atoms with E-state index in [0.717, 1.165) is 25.4 Å². The van der Waals surface area contributed by atoms with Crippen molar-refractivity contribution in [3.63, 3.8) is 0 Å². The minimum absolute atomic E-state index is 0.282. The fraction of sp³-hybridized carbons (Fsp3) is 1.00. The molecule has 1 fully saturated rings.